The van der Waals surface area contributed by atoms with Crippen LogP contribution in [0.4, 0.5) is 5.69 Å². The number of halogens is 1. The molecule has 0 unspecified atom stereocenters. The van der Waals surface area contributed by atoms with Crippen LogP contribution in [0.15, 0.2) is 88.0 Å². The summed E-state index contributed by atoms with van der Waals surface area (Å²) in [5.74, 6) is 1.16. The number of furan rings is 1. The number of aromatic nitrogens is 2. The number of nitrogens with zero attached hydrogens (tertiary/aromatic N) is 2. The zero-order valence-corrected chi connectivity index (χ0v) is 16.3. The fraction of sp³-hybridized carbons (Fsp3) is 0.0476. The lowest BCUT2D eigenvalue weighted by Gasteiger charge is -2.10. The molecule has 0 saturated heterocycles. The Morgan fingerprint density at radius 2 is 1.89 bits per heavy atom. The number of para-hydroxylation sites is 2. The van der Waals surface area contributed by atoms with Gasteiger partial charge in [0.05, 0.1) is 11.4 Å². The average molecular weight is 438 g/mol. The van der Waals surface area contributed by atoms with Crippen LogP contribution < -0.4 is 10.1 Å². The second-order valence-corrected chi connectivity index (χ2v) is 6.85. The summed E-state index contributed by atoms with van der Waals surface area (Å²) in [6, 6.07) is 20.1. The topological polar surface area (TPSA) is 69.3 Å². The van der Waals surface area contributed by atoms with Crippen LogP contribution >= 0.6 is 15.9 Å². The molecule has 0 fully saturated rings. The lowest BCUT2D eigenvalue weighted by Crippen LogP contribution is -2.13. The highest BCUT2D eigenvalue weighted by Crippen LogP contribution is 2.21. The van der Waals surface area contributed by atoms with Gasteiger partial charge in [-0.15, -0.1) is 0 Å². The molecule has 2 aromatic heterocycles. The number of ether oxygens (including phenoxy) is 1. The largest absolute Gasteiger partial charge is 0.486 e. The highest BCUT2D eigenvalue weighted by molar-refractivity contribution is 9.10. The predicted molar refractivity (Wildman–Crippen MR) is 109 cm³/mol. The first-order valence-corrected chi connectivity index (χ1v) is 9.36. The molecule has 28 heavy (non-hydrogen) atoms. The molecule has 6 nitrogen and oxygen atoms in total. The number of carbonyl (C=O) groups is 1. The number of carbonyl (C=O) groups excluding carboxylic acids is 1. The van der Waals surface area contributed by atoms with E-state index in [1.165, 1.54) is 0 Å². The first kappa shape index (κ1) is 18.1. The van der Waals surface area contributed by atoms with Crippen molar-refractivity contribution in [3.63, 3.8) is 0 Å². The van der Waals surface area contributed by atoms with Crippen molar-refractivity contribution in [2.45, 2.75) is 6.61 Å². The van der Waals surface area contributed by atoms with Crippen molar-refractivity contribution in [3.05, 3.63) is 95.1 Å². The number of hydrogen-bond donors (Lipinski definition) is 1. The second kappa shape index (κ2) is 8.14. The first-order chi connectivity index (χ1) is 13.7. The Kier molecular flexibility index (Phi) is 5.25. The smallest absolute Gasteiger partial charge is 0.291 e. The highest BCUT2D eigenvalue weighted by Gasteiger charge is 2.14. The molecule has 0 aliphatic carbocycles. The van der Waals surface area contributed by atoms with Gasteiger partial charge in [0.15, 0.2) is 5.76 Å². The van der Waals surface area contributed by atoms with Crippen LogP contribution in [0.5, 0.6) is 5.75 Å². The average Bonchev–Trinajstić information content (AvgIpc) is 3.40. The summed E-state index contributed by atoms with van der Waals surface area (Å²) in [5.41, 5.74) is 1.41. The molecule has 7 heteroatoms. The van der Waals surface area contributed by atoms with Gasteiger partial charge in [-0.1, -0.05) is 28.1 Å². The van der Waals surface area contributed by atoms with E-state index in [0.717, 1.165) is 15.9 Å². The third-order valence-electron chi connectivity index (χ3n) is 3.98. The molecule has 0 aliphatic heterocycles. The van der Waals surface area contributed by atoms with Crippen molar-refractivity contribution in [2.24, 2.45) is 0 Å². The Labute approximate surface area is 169 Å². The van der Waals surface area contributed by atoms with Crippen molar-refractivity contribution in [1.29, 1.82) is 0 Å². The molecule has 1 amide bonds. The normalized spacial score (nSPS) is 10.6. The van der Waals surface area contributed by atoms with E-state index in [4.69, 9.17) is 9.15 Å². The van der Waals surface area contributed by atoms with E-state index < -0.39 is 0 Å². The minimum Gasteiger partial charge on any atom is -0.486 e. The lowest BCUT2D eigenvalue weighted by molar-refractivity contribution is 0.0992. The monoisotopic (exact) mass is 437 g/mol. The maximum absolute atomic E-state index is 12.6. The molecule has 2 heterocycles. The fourth-order valence-electron chi connectivity index (χ4n) is 2.64. The SMILES string of the molecule is O=C(Nc1ccccc1-n1cccn1)c1ccc(COc2ccc(Br)cc2)o1. The van der Waals surface area contributed by atoms with Crippen LogP contribution in [0, 0.1) is 0 Å². The quantitative estimate of drug-likeness (QED) is 0.457. The Bertz CT molecular complexity index is 1070. The van der Waals surface area contributed by atoms with Crippen molar-refractivity contribution in [1.82, 2.24) is 9.78 Å². The molecule has 0 spiro atoms. The van der Waals surface area contributed by atoms with E-state index in [1.54, 1.807) is 23.0 Å². The van der Waals surface area contributed by atoms with Gasteiger partial charge in [0.2, 0.25) is 0 Å². The van der Waals surface area contributed by atoms with Gasteiger partial charge in [-0.25, -0.2) is 4.68 Å². The Morgan fingerprint density at radius 3 is 2.68 bits per heavy atom. The van der Waals surface area contributed by atoms with Crippen LogP contribution in [-0.2, 0) is 6.61 Å². The third kappa shape index (κ3) is 4.15. The van der Waals surface area contributed by atoms with Crippen LogP contribution in [-0.4, -0.2) is 15.7 Å². The van der Waals surface area contributed by atoms with Crippen LogP contribution in [0.1, 0.15) is 16.3 Å². The second-order valence-electron chi connectivity index (χ2n) is 5.93. The molecule has 140 valence electrons. The highest BCUT2D eigenvalue weighted by atomic mass is 79.9. The lowest BCUT2D eigenvalue weighted by atomic mass is 10.2. The van der Waals surface area contributed by atoms with Gasteiger partial charge in [-0.05, 0) is 54.6 Å². The van der Waals surface area contributed by atoms with Crippen molar-refractivity contribution in [2.75, 3.05) is 5.32 Å². The summed E-state index contributed by atoms with van der Waals surface area (Å²) in [6.45, 7) is 0.235. The van der Waals surface area contributed by atoms with E-state index in [0.29, 0.717) is 11.4 Å². The maximum Gasteiger partial charge on any atom is 0.291 e. The molecule has 0 bridgehead atoms. The van der Waals surface area contributed by atoms with Crippen LogP contribution in [0.2, 0.25) is 0 Å². The van der Waals surface area contributed by atoms with Gasteiger partial charge in [-0.3, -0.25) is 4.79 Å². The number of benzene rings is 2. The number of nitrogens with one attached hydrogen (secondary N) is 1. The van der Waals surface area contributed by atoms with Gasteiger partial charge in [0, 0.05) is 16.9 Å². The Balaban J connectivity index is 1.43. The summed E-state index contributed by atoms with van der Waals surface area (Å²) in [5, 5.41) is 7.08. The van der Waals surface area contributed by atoms with Gasteiger partial charge in [0.25, 0.3) is 5.91 Å². The number of anilines is 1. The molecule has 0 saturated carbocycles. The third-order valence-corrected chi connectivity index (χ3v) is 4.51. The van der Waals surface area contributed by atoms with Crippen LogP contribution in [0.3, 0.4) is 0 Å². The summed E-state index contributed by atoms with van der Waals surface area (Å²) >= 11 is 3.38. The molecule has 2 aromatic carbocycles. The molecule has 4 aromatic rings. The number of hydrogen-bond acceptors (Lipinski definition) is 4. The van der Waals surface area contributed by atoms with E-state index >= 15 is 0 Å². The van der Waals surface area contributed by atoms with Gasteiger partial charge < -0.3 is 14.5 Å². The Hall–Kier alpha value is -3.32. The van der Waals surface area contributed by atoms with Crippen molar-refractivity contribution in [3.8, 4) is 11.4 Å². The van der Waals surface area contributed by atoms with E-state index in [1.807, 2.05) is 60.8 Å². The van der Waals surface area contributed by atoms with E-state index in [-0.39, 0.29) is 18.3 Å². The summed E-state index contributed by atoms with van der Waals surface area (Å²) in [4.78, 5) is 12.6. The minimum absolute atomic E-state index is 0.213. The molecule has 0 atom stereocenters. The maximum atomic E-state index is 12.6. The number of amides is 1. The summed E-state index contributed by atoms with van der Waals surface area (Å²) < 4.78 is 14.0. The summed E-state index contributed by atoms with van der Waals surface area (Å²) in [6.07, 6.45) is 3.50. The molecule has 0 radical (unpaired) electrons. The molecule has 1 N–H and O–H groups in total. The number of rotatable bonds is 6. The molecular formula is C21H16BrN3O3. The van der Waals surface area contributed by atoms with Crippen molar-refractivity contribution < 1.29 is 13.9 Å². The zero-order chi connectivity index (χ0) is 19.3. The first-order valence-electron chi connectivity index (χ1n) is 8.56. The van der Waals surface area contributed by atoms with Gasteiger partial charge in [0.1, 0.15) is 18.1 Å². The Morgan fingerprint density at radius 1 is 1.07 bits per heavy atom. The fourth-order valence-corrected chi connectivity index (χ4v) is 2.90. The summed E-state index contributed by atoms with van der Waals surface area (Å²) in [7, 11) is 0. The van der Waals surface area contributed by atoms with Crippen molar-refractivity contribution >= 4 is 27.5 Å². The van der Waals surface area contributed by atoms with Gasteiger partial charge >= 0.3 is 0 Å². The molecular weight excluding hydrogens is 422 g/mol. The predicted octanol–water partition coefficient (Wildman–Crippen LogP) is 5.06. The standard InChI is InChI=1S/C21H16BrN3O3/c22-15-6-8-16(9-7-15)27-14-17-10-11-20(28-17)21(26)24-18-4-1-2-5-19(18)25-13-3-12-23-25/h1-13H,14H2,(H,24,26). The van der Waals surface area contributed by atoms with E-state index in [2.05, 4.69) is 26.3 Å². The zero-order valence-electron chi connectivity index (χ0n) is 14.7. The minimum atomic E-state index is -0.338. The van der Waals surface area contributed by atoms with Gasteiger partial charge in [-0.2, -0.15) is 5.10 Å². The van der Waals surface area contributed by atoms with Crippen LogP contribution in [0.25, 0.3) is 5.69 Å². The molecule has 4 rings (SSSR count). The molecule has 0 aliphatic rings. The van der Waals surface area contributed by atoms with E-state index in [9.17, 15) is 4.79 Å².